The lowest BCUT2D eigenvalue weighted by molar-refractivity contribution is 0.0923. The molecule has 0 bridgehead atoms. The third-order valence-electron chi connectivity index (χ3n) is 3.19. The normalized spacial score (nSPS) is 10.3. The summed E-state index contributed by atoms with van der Waals surface area (Å²) in [7, 11) is 3.57. The number of aryl methyl sites for hydroxylation is 1. The Labute approximate surface area is 123 Å². The molecule has 1 heterocycles. The minimum absolute atomic E-state index is 0.242. The number of furan rings is 1. The fourth-order valence-corrected chi connectivity index (χ4v) is 2.09. The molecule has 2 aromatic rings. The van der Waals surface area contributed by atoms with Crippen LogP contribution in [-0.2, 0) is 6.54 Å². The van der Waals surface area contributed by atoms with Gasteiger partial charge in [-0.25, -0.2) is 5.84 Å². The molecule has 0 aliphatic heterocycles. The quantitative estimate of drug-likeness (QED) is 0.498. The number of carbonyl (C=O) groups is 1. The van der Waals surface area contributed by atoms with Gasteiger partial charge in [-0.05, 0) is 25.1 Å². The highest BCUT2D eigenvalue weighted by Gasteiger charge is 2.15. The predicted octanol–water partition coefficient (Wildman–Crippen LogP) is 1.84. The van der Waals surface area contributed by atoms with Gasteiger partial charge in [-0.1, -0.05) is 6.07 Å². The van der Waals surface area contributed by atoms with Crippen molar-refractivity contribution in [3.63, 3.8) is 0 Å². The first-order valence-corrected chi connectivity index (χ1v) is 6.50. The zero-order valence-electron chi connectivity index (χ0n) is 12.3. The van der Waals surface area contributed by atoms with Gasteiger partial charge in [-0.2, -0.15) is 0 Å². The second-order valence-electron chi connectivity index (χ2n) is 4.76. The molecule has 0 aliphatic carbocycles. The van der Waals surface area contributed by atoms with E-state index in [1.807, 2.05) is 49.2 Å². The molecular formula is C15H19N3O3. The van der Waals surface area contributed by atoms with Gasteiger partial charge in [0.2, 0.25) is 0 Å². The van der Waals surface area contributed by atoms with Crippen molar-refractivity contribution < 1.29 is 13.9 Å². The van der Waals surface area contributed by atoms with Crippen molar-refractivity contribution in [2.24, 2.45) is 5.84 Å². The third kappa shape index (κ3) is 3.35. The number of anilines is 1. The van der Waals surface area contributed by atoms with Crippen LogP contribution in [0.2, 0.25) is 0 Å². The van der Waals surface area contributed by atoms with Gasteiger partial charge in [0.05, 0.1) is 13.7 Å². The molecule has 1 aromatic heterocycles. The minimum Gasteiger partial charge on any atom is -0.497 e. The minimum atomic E-state index is -0.428. The topological polar surface area (TPSA) is 80.7 Å². The number of nitrogens with zero attached hydrogens (tertiary/aromatic N) is 1. The van der Waals surface area contributed by atoms with E-state index < -0.39 is 5.91 Å². The lowest BCUT2D eigenvalue weighted by Crippen LogP contribution is -2.30. The summed E-state index contributed by atoms with van der Waals surface area (Å²) in [6.45, 7) is 2.34. The molecule has 3 N–H and O–H groups in total. The molecule has 0 aliphatic rings. The number of nitrogens with one attached hydrogen (secondary N) is 1. The molecule has 0 radical (unpaired) electrons. The van der Waals surface area contributed by atoms with Crippen LogP contribution in [0.4, 0.5) is 5.69 Å². The molecule has 1 aromatic carbocycles. The number of ether oxygens (including phenoxy) is 1. The van der Waals surface area contributed by atoms with Gasteiger partial charge in [-0.3, -0.25) is 10.2 Å². The van der Waals surface area contributed by atoms with Crippen LogP contribution in [0.5, 0.6) is 5.75 Å². The number of methoxy groups -OCH3 is 1. The maximum Gasteiger partial charge on any atom is 0.301 e. The summed E-state index contributed by atoms with van der Waals surface area (Å²) >= 11 is 0. The van der Waals surface area contributed by atoms with Gasteiger partial charge < -0.3 is 14.1 Å². The highest BCUT2D eigenvalue weighted by molar-refractivity contribution is 5.92. The molecule has 0 atom stereocenters. The van der Waals surface area contributed by atoms with Crippen LogP contribution in [-0.4, -0.2) is 20.1 Å². The fraction of sp³-hybridized carbons (Fsp3) is 0.267. The predicted molar refractivity (Wildman–Crippen MR) is 80.2 cm³/mol. The van der Waals surface area contributed by atoms with Crippen molar-refractivity contribution >= 4 is 11.6 Å². The molecule has 0 unspecified atom stereocenters. The van der Waals surface area contributed by atoms with Crippen molar-refractivity contribution in [3.05, 3.63) is 47.4 Å². The van der Waals surface area contributed by atoms with Gasteiger partial charge in [0.15, 0.2) is 5.76 Å². The van der Waals surface area contributed by atoms with Crippen molar-refractivity contribution in [2.75, 3.05) is 19.1 Å². The zero-order chi connectivity index (χ0) is 15.4. The van der Waals surface area contributed by atoms with Gasteiger partial charge in [0.1, 0.15) is 11.5 Å². The van der Waals surface area contributed by atoms with Crippen molar-refractivity contribution in [3.8, 4) is 5.75 Å². The first kappa shape index (κ1) is 14.9. The van der Waals surface area contributed by atoms with Crippen LogP contribution in [0.1, 0.15) is 21.9 Å². The van der Waals surface area contributed by atoms with E-state index in [-0.39, 0.29) is 5.76 Å². The molecule has 0 saturated carbocycles. The van der Waals surface area contributed by atoms with Crippen LogP contribution in [0.15, 0.2) is 34.7 Å². The number of carbonyl (C=O) groups excluding carboxylic acids is 1. The summed E-state index contributed by atoms with van der Waals surface area (Å²) < 4.78 is 10.8. The van der Waals surface area contributed by atoms with E-state index in [0.29, 0.717) is 12.3 Å². The number of benzene rings is 1. The SMILES string of the molecule is COc1cccc(N(C)Cc2cc(C)c(C(=O)NN)o2)c1. The van der Waals surface area contributed by atoms with Crippen molar-refractivity contribution in [1.82, 2.24) is 5.43 Å². The number of hydrazine groups is 1. The second-order valence-corrected chi connectivity index (χ2v) is 4.76. The second kappa shape index (κ2) is 6.32. The summed E-state index contributed by atoms with van der Waals surface area (Å²) in [5.41, 5.74) is 3.82. The smallest absolute Gasteiger partial charge is 0.301 e. The van der Waals surface area contributed by atoms with Gasteiger partial charge in [0.25, 0.3) is 0 Å². The summed E-state index contributed by atoms with van der Waals surface area (Å²) in [6, 6.07) is 9.56. The number of nitrogens with two attached hydrogens (primary N) is 1. The molecule has 0 saturated heterocycles. The molecular weight excluding hydrogens is 270 g/mol. The third-order valence-corrected chi connectivity index (χ3v) is 3.19. The summed E-state index contributed by atoms with van der Waals surface area (Å²) in [5.74, 6) is 6.42. The van der Waals surface area contributed by atoms with Crippen LogP contribution >= 0.6 is 0 Å². The molecule has 21 heavy (non-hydrogen) atoms. The van der Waals surface area contributed by atoms with Crippen LogP contribution in [0, 0.1) is 6.92 Å². The fourth-order valence-electron chi connectivity index (χ4n) is 2.09. The van der Waals surface area contributed by atoms with Gasteiger partial charge in [-0.15, -0.1) is 0 Å². The lowest BCUT2D eigenvalue weighted by Gasteiger charge is -2.18. The maximum absolute atomic E-state index is 11.5. The summed E-state index contributed by atoms with van der Waals surface area (Å²) in [4.78, 5) is 13.5. The van der Waals surface area contributed by atoms with Crippen LogP contribution in [0.25, 0.3) is 0 Å². The average molecular weight is 289 g/mol. The molecule has 0 fully saturated rings. The highest BCUT2D eigenvalue weighted by atomic mass is 16.5. The molecule has 2 rings (SSSR count). The van der Waals surface area contributed by atoms with E-state index in [1.54, 1.807) is 7.11 Å². The van der Waals surface area contributed by atoms with E-state index in [9.17, 15) is 4.79 Å². The van der Waals surface area contributed by atoms with E-state index >= 15 is 0 Å². The Morgan fingerprint density at radius 2 is 2.19 bits per heavy atom. The summed E-state index contributed by atoms with van der Waals surface area (Å²) in [6.07, 6.45) is 0. The standard InChI is InChI=1S/C15H19N3O3/c1-10-7-13(21-14(10)15(19)17-16)9-18(2)11-5-4-6-12(8-11)20-3/h4-8H,9,16H2,1-3H3,(H,17,19). The Hall–Kier alpha value is -2.47. The molecule has 1 amide bonds. The van der Waals surface area contributed by atoms with Crippen molar-refractivity contribution in [2.45, 2.75) is 13.5 Å². The Balaban J connectivity index is 2.15. The van der Waals surface area contributed by atoms with E-state index in [1.165, 1.54) is 0 Å². The Morgan fingerprint density at radius 3 is 2.86 bits per heavy atom. The first-order valence-electron chi connectivity index (χ1n) is 6.50. The van der Waals surface area contributed by atoms with Crippen LogP contribution < -0.4 is 20.9 Å². The number of amides is 1. The Kier molecular flexibility index (Phi) is 4.49. The van der Waals surface area contributed by atoms with Gasteiger partial charge in [0, 0.05) is 24.4 Å². The Bertz CT molecular complexity index is 637. The van der Waals surface area contributed by atoms with Crippen molar-refractivity contribution in [1.29, 1.82) is 0 Å². The number of hydrogen-bond acceptors (Lipinski definition) is 5. The average Bonchev–Trinajstić information content (AvgIpc) is 2.87. The van der Waals surface area contributed by atoms with Crippen LogP contribution in [0.3, 0.4) is 0 Å². The van der Waals surface area contributed by atoms with E-state index in [2.05, 4.69) is 5.43 Å². The molecule has 0 spiro atoms. The monoisotopic (exact) mass is 289 g/mol. The number of nitrogen functional groups attached to an aromatic ring is 1. The van der Waals surface area contributed by atoms with Gasteiger partial charge >= 0.3 is 5.91 Å². The lowest BCUT2D eigenvalue weighted by atomic mass is 10.2. The Morgan fingerprint density at radius 1 is 1.43 bits per heavy atom. The number of hydrogen-bond donors (Lipinski definition) is 2. The van der Waals surface area contributed by atoms with E-state index in [4.69, 9.17) is 15.0 Å². The molecule has 112 valence electrons. The highest BCUT2D eigenvalue weighted by Crippen LogP contribution is 2.23. The molecule has 6 heteroatoms. The maximum atomic E-state index is 11.5. The largest absolute Gasteiger partial charge is 0.497 e. The first-order chi connectivity index (χ1) is 10.0. The molecule has 6 nitrogen and oxygen atoms in total. The summed E-state index contributed by atoms with van der Waals surface area (Å²) in [5, 5.41) is 0. The van der Waals surface area contributed by atoms with E-state index in [0.717, 1.165) is 17.0 Å². The number of rotatable bonds is 5. The zero-order valence-corrected chi connectivity index (χ0v) is 12.3.